The number of piperidine rings is 2. The van der Waals surface area contributed by atoms with Gasteiger partial charge in [0.2, 0.25) is 5.91 Å². The van der Waals surface area contributed by atoms with Crippen molar-refractivity contribution in [3.8, 4) is 0 Å². The Morgan fingerprint density at radius 3 is 2.67 bits per heavy atom. The van der Waals surface area contributed by atoms with Crippen molar-refractivity contribution in [2.45, 2.75) is 63.6 Å². The predicted molar refractivity (Wildman–Crippen MR) is 125 cm³/mol. The van der Waals surface area contributed by atoms with Gasteiger partial charge in [0, 0.05) is 30.0 Å². The standard InChI is InChI=1S/C26H31N5O2/c1-3-23(20-8-11-27-28-15-20)30-12-9-18(10-13-30)19-5-6-22-21(14-19)16-31(26(22)33)24-7-4-17(2)29-25(24)32/h5-6,8,11,14-15,18,23-24H,2-4,7,9-10,12-13,16H2,1H3,(H,29,32). The number of nitrogens with one attached hydrogen (secondary N) is 1. The molecule has 0 saturated carbocycles. The highest BCUT2D eigenvalue weighted by Crippen LogP contribution is 2.36. The lowest BCUT2D eigenvalue weighted by Gasteiger charge is -2.37. The molecule has 2 amide bonds. The van der Waals surface area contributed by atoms with Crippen LogP contribution in [0.25, 0.3) is 0 Å². The molecule has 0 aliphatic carbocycles. The van der Waals surface area contributed by atoms with Crippen molar-refractivity contribution in [3.05, 3.63) is 71.2 Å². The molecule has 0 radical (unpaired) electrons. The highest BCUT2D eigenvalue weighted by Gasteiger charge is 2.38. The van der Waals surface area contributed by atoms with Gasteiger partial charge in [0.25, 0.3) is 5.91 Å². The quantitative estimate of drug-likeness (QED) is 0.761. The smallest absolute Gasteiger partial charge is 0.255 e. The van der Waals surface area contributed by atoms with Gasteiger partial charge in [0.1, 0.15) is 6.04 Å². The Labute approximate surface area is 194 Å². The first kappa shape index (κ1) is 21.8. The number of benzene rings is 1. The zero-order chi connectivity index (χ0) is 22.9. The molecular weight excluding hydrogens is 414 g/mol. The Balaban J connectivity index is 1.26. The molecule has 4 heterocycles. The molecule has 7 nitrogen and oxygen atoms in total. The van der Waals surface area contributed by atoms with E-state index in [1.54, 1.807) is 11.1 Å². The summed E-state index contributed by atoms with van der Waals surface area (Å²) >= 11 is 0. The summed E-state index contributed by atoms with van der Waals surface area (Å²) < 4.78 is 0. The van der Waals surface area contributed by atoms with Gasteiger partial charge in [-0.2, -0.15) is 10.2 Å². The van der Waals surface area contributed by atoms with Crippen molar-refractivity contribution in [1.29, 1.82) is 0 Å². The van der Waals surface area contributed by atoms with E-state index in [1.807, 2.05) is 12.3 Å². The second kappa shape index (κ2) is 9.06. The molecule has 0 bridgehead atoms. The molecule has 33 heavy (non-hydrogen) atoms. The van der Waals surface area contributed by atoms with Gasteiger partial charge in [-0.25, -0.2) is 0 Å². The van der Waals surface area contributed by atoms with Crippen molar-refractivity contribution in [3.63, 3.8) is 0 Å². The summed E-state index contributed by atoms with van der Waals surface area (Å²) in [5.41, 5.74) is 5.07. The van der Waals surface area contributed by atoms with Crippen LogP contribution in [0.15, 0.2) is 48.9 Å². The number of likely N-dealkylation sites (tertiary alicyclic amines) is 1. The van der Waals surface area contributed by atoms with E-state index in [9.17, 15) is 9.59 Å². The van der Waals surface area contributed by atoms with Gasteiger partial charge in [-0.05, 0) is 79.9 Å². The Morgan fingerprint density at radius 2 is 1.97 bits per heavy atom. The van der Waals surface area contributed by atoms with Crippen LogP contribution in [0.3, 0.4) is 0 Å². The number of fused-ring (bicyclic) bond motifs is 1. The van der Waals surface area contributed by atoms with Gasteiger partial charge in [0.15, 0.2) is 0 Å². The first-order valence-electron chi connectivity index (χ1n) is 12.0. The van der Waals surface area contributed by atoms with Gasteiger partial charge in [-0.3, -0.25) is 14.5 Å². The highest BCUT2D eigenvalue weighted by atomic mass is 16.2. The summed E-state index contributed by atoms with van der Waals surface area (Å²) in [5, 5.41) is 10.8. The normalized spacial score (nSPS) is 22.9. The summed E-state index contributed by atoms with van der Waals surface area (Å²) in [7, 11) is 0. The molecule has 2 atom stereocenters. The summed E-state index contributed by atoms with van der Waals surface area (Å²) in [4.78, 5) is 29.7. The fourth-order valence-electron chi connectivity index (χ4n) is 5.68. The first-order valence-corrected chi connectivity index (χ1v) is 12.0. The molecule has 2 saturated heterocycles. The maximum Gasteiger partial charge on any atom is 0.255 e. The third kappa shape index (κ3) is 4.17. The molecular formula is C26H31N5O2. The fourth-order valence-corrected chi connectivity index (χ4v) is 5.68. The van der Waals surface area contributed by atoms with Crippen molar-refractivity contribution < 1.29 is 9.59 Å². The summed E-state index contributed by atoms with van der Waals surface area (Å²) in [6.45, 7) is 8.66. The molecule has 0 spiro atoms. The number of allylic oxidation sites excluding steroid dienone is 1. The van der Waals surface area contributed by atoms with E-state index in [-0.39, 0.29) is 11.8 Å². The van der Waals surface area contributed by atoms with Gasteiger partial charge in [-0.1, -0.05) is 25.6 Å². The largest absolute Gasteiger partial charge is 0.329 e. The number of carbonyl (C=O) groups is 2. The lowest BCUT2D eigenvalue weighted by atomic mass is 9.87. The van der Waals surface area contributed by atoms with Crippen LogP contribution in [0.1, 0.15) is 78.0 Å². The Bertz CT molecular complexity index is 1060. The van der Waals surface area contributed by atoms with Gasteiger partial charge in [0.05, 0.1) is 6.20 Å². The van der Waals surface area contributed by atoms with Crippen molar-refractivity contribution in [1.82, 2.24) is 25.3 Å². The molecule has 5 rings (SSSR count). The maximum absolute atomic E-state index is 13.0. The molecule has 1 aromatic carbocycles. The van der Waals surface area contributed by atoms with Crippen LogP contribution in [0, 0.1) is 0 Å². The number of rotatable bonds is 5. The number of hydrogen-bond acceptors (Lipinski definition) is 5. The summed E-state index contributed by atoms with van der Waals surface area (Å²) in [6.07, 6.45) is 8.25. The molecule has 1 N–H and O–H groups in total. The number of hydrogen-bond donors (Lipinski definition) is 1. The zero-order valence-corrected chi connectivity index (χ0v) is 19.2. The molecule has 3 aliphatic rings. The van der Waals surface area contributed by atoms with Gasteiger partial charge < -0.3 is 10.2 Å². The third-order valence-electron chi connectivity index (χ3n) is 7.48. The Kier molecular flexibility index (Phi) is 5.98. The van der Waals surface area contributed by atoms with Crippen molar-refractivity contribution in [2.75, 3.05) is 13.1 Å². The molecule has 7 heteroatoms. The Hall–Kier alpha value is -3.06. The number of nitrogens with zero attached hydrogens (tertiary/aromatic N) is 4. The average molecular weight is 446 g/mol. The minimum Gasteiger partial charge on any atom is -0.329 e. The number of amides is 2. The van der Waals surface area contributed by atoms with Crippen LogP contribution < -0.4 is 5.32 Å². The van der Waals surface area contributed by atoms with Crippen LogP contribution in [0.5, 0.6) is 0 Å². The average Bonchev–Trinajstić information content (AvgIpc) is 3.16. The van der Waals surface area contributed by atoms with E-state index in [1.165, 1.54) is 11.1 Å². The van der Waals surface area contributed by atoms with E-state index in [0.717, 1.165) is 49.2 Å². The lowest BCUT2D eigenvalue weighted by molar-refractivity contribution is -0.126. The molecule has 2 fully saturated rings. The van der Waals surface area contributed by atoms with E-state index >= 15 is 0 Å². The van der Waals surface area contributed by atoms with E-state index < -0.39 is 6.04 Å². The minimum atomic E-state index is -0.407. The molecule has 172 valence electrons. The maximum atomic E-state index is 13.0. The lowest BCUT2D eigenvalue weighted by Crippen LogP contribution is -2.49. The highest BCUT2D eigenvalue weighted by molar-refractivity contribution is 6.01. The van der Waals surface area contributed by atoms with Crippen LogP contribution >= 0.6 is 0 Å². The molecule has 3 aliphatic heterocycles. The topological polar surface area (TPSA) is 78.4 Å². The molecule has 2 unspecified atom stereocenters. The van der Waals surface area contributed by atoms with E-state index in [2.05, 4.69) is 52.1 Å². The predicted octanol–water partition coefficient (Wildman–Crippen LogP) is 3.56. The van der Waals surface area contributed by atoms with E-state index in [0.29, 0.717) is 31.3 Å². The van der Waals surface area contributed by atoms with Crippen LogP contribution in [-0.4, -0.2) is 50.9 Å². The summed E-state index contributed by atoms with van der Waals surface area (Å²) in [5.74, 6) is 0.343. The summed E-state index contributed by atoms with van der Waals surface area (Å²) in [6, 6.07) is 8.33. The number of carbonyl (C=O) groups excluding carboxylic acids is 2. The van der Waals surface area contributed by atoms with Crippen molar-refractivity contribution >= 4 is 11.8 Å². The number of aromatic nitrogens is 2. The van der Waals surface area contributed by atoms with Crippen LogP contribution in [0.4, 0.5) is 0 Å². The van der Waals surface area contributed by atoms with Crippen LogP contribution in [0.2, 0.25) is 0 Å². The molecule has 1 aromatic heterocycles. The SMILES string of the molecule is C=C1CCC(N2Cc3cc(C4CCN(C(CC)c5ccnnc5)CC4)ccc3C2=O)C(=O)N1. The second-order valence-electron chi connectivity index (χ2n) is 9.41. The second-order valence-corrected chi connectivity index (χ2v) is 9.41. The van der Waals surface area contributed by atoms with E-state index in [4.69, 9.17) is 0 Å². The Morgan fingerprint density at radius 1 is 1.15 bits per heavy atom. The monoisotopic (exact) mass is 445 g/mol. The zero-order valence-electron chi connectivity index (χ0n) is 19.2. The fraction of sp³-hybridized carbons (Fsp3) is 0.462. The minimum absolute atomic E-state index is 0.0317. The third-order valence-corrected chi connectivity index (χ3v) is 7.48. The first-order chi connectivity index (χ1) is 16.0. The van der Waals surface area contributed by atoms with Gasteiger partial charge in [-0.15, -0.1) is 0 Å². The van der Waals surface area contributed by atoms with Crippen molar-refractivity contribution in [2.24, 2.45) is 0 Å². The van der Waals surface area contributed by atoms with Gasteiger partial charge >= 0.3 is 0 Å². The van der Waals surface area contributed by atoms with Crippen LogP contribution in [-0.2, 0) is 11.3 Å². The molecule has 2 aromatic rings.